The van der Waals surface area contributed by atoms with E-state index in [0.717, 1.165) is 47.3 Å². The first kappa shape index (κ1) is 21.7. The molecule has 8 heteroatoms. The van der Waals surface area contributed by atoms with Gasteiger partial charge in [0.25, 0.3) is 0 Å². The van der Waals surface area contributed by atoms with E-state index in [-0.39, 0.29) is 6.61 Å². The van der Waals surface area contributed by atoms with Gasteiger partial charge in [-0.1, -0.05) is 29.8 Å². The maximum absolute atomic E-state index is 12.5. The number of amides is 2. The Morgan fingerprint density at radius 1 is 1.10 bits per heavy atom. The van der Waals surface area contributed by atoms with E-state index in [0.29, 0.717) is 16.3 Å². The summed E-state index contributed by atoms with van der Waals surface area (Å²) in [5.41, 5.74) is 6.11. The Balaban J connectivity index is 1.72. The average molecular weight is 428 g/mol. The van der Waals surface area contributed by atoms with Crippen molar-refractivity contribution in [2.24, 2.45) is 5.10 Å². The number of thiophene rings is 1. The number of hydrogen-bond donors (Lipinski definition) is 2. The number of nitrogens with zero attached hydrogens (tertiary/aromatic N) is 1. The van der Waals surface area contributed by atoms with Gasteiger partial charge in [0.2, 0.25) is 0 Å². The third kappa shape index (κ3) is 4.94. The second-order valence-electron chi connectivity index (χ2n) is 7.09. The van der Waals surface area contributed by atoms with Crippen LogP contribution in [0.25, 0.3) is 0 Å². The fourth-order valence-corrected chi connectivity index (χ4v) is 4.55. The zero-order valence-electron chi connectivity index (χ0n) is 17.3. The molecule has 2 aromatic rings. The molecule has 0 saturated carbocycles. The lowest BCUT2D eigenvalue weighted by Gasteiger charge is -2.12. The van der Waals surface area contributed by atoms with Gasteiger partial charge < -0.3 is 10.1 Å². The summed E-state index contributed by atoms with van der Waals surface area (Å²) in [7, 11) is 0. The van der Waals surface area contributed by atoms with Crippen LogP contribution < -0.4 is 10.7 Å². The lowest BCUT2D eigenvalue weighted by molar-refractivity contribution is -0.136. The summed E-state index contributed by atoms with van der Waals surface area (Å²) in [4.78, 5) is 38.2. The minimum Gasteiger partial charge on any atom is -0.462 e. The van der Waals surface area contributed by atoms with Gasteiger partial charge in [-0.2, -0.15) is 5.10 Å². The number of hydrogen-bond acceptors (Lipinski definition) is 6. The number of ether oxygens (including phenoxy) is 1. The molecule has 1 aromatic carbocycles. The summed E-state index contributed by atoms with van der Waals surface area (Å²) in [5, 5.41) is 6.94. The van der Waals surface area contributed by atoms with Gasteiger partial charge in [-0.15, -0.1) is 11.3 Å². The van der Waals surface area contributed by atoms with Crippen LogP contribution in [-0.4, -0.2) is 30.1 Å². The SMILES string of the molecule is CCOC(=O)c1c(NC(=O)C(=O)NN=C(C)c2ccc(C)cc2)sc2c1CCCC2. The number of anilines is 1. The largest absolute Gasteiger partial charge is 0.462 e. The highest BCUT2D eigenvalue weighted by Crippen LogP contribution is 2.38. The van der Waals surface area contributed by atoms with Crippen LogP contribution in [0.4, 0.5) is 5.00 Å². The Bertz CT molecular complexity index is 993. The van der Waals surface area contributed by atoms with E-state index in [1.807, 2.05) is 31.2 Å². The van der Waals surface area contributed by atoms with Crippen molar-refractivity contribution < 1.29 is 19.1 Å². The van der Waals surface area contributed by atoms with Gasteiger partial charge in [0, 0.05) is 4.88 Å². The topological polar surface area (TPSA) is 96.9 Å². The summed E-state index contributed by atoms with van der Waals surface area (Å²) in [6, 6.07) is 7.67. The van der Waals surface area contributed by atoms with Gasteiger partial charge >= 0.3 is 17.8 Å². The molecule has 0 atom stereocenters. The Morgan fingerprint density at radius 2 is 1.80 bits per heavy atom. The van der Waals surface area contributed by atoms with Crippen LogP contribution in [0.1, 0.15) is 58.6 Å². The number of nitrogens with one attached hydrogen (secondary N) is 2. The molecule has 2 N–H and O–H groups in total. The monoisotopic (exact) mass is 427 g/mol. The molecule has 0 aliphatic heterocycles. The summed E-state index contributed by atoms with van der Waals surface area (Å²) in [6.45, 7) is 5.70. The van der Waals surface area contributed by atoms with Crippen molar-refractivity contribution in [2.45, 2.75) is 46.5 Å². The lowest BCUT2D eigenvalue weighted by atomic mass is 9.95. The minimum absolute atomic E-state index is 0.240. The van der Waals surface area contributed by atoms with E-state index in [1.165, 1.54) is 11.3 Å². The molecule has 0 unspecified atom stereocenters. The third-order valence-electron chi connectivity index (χ3n) is 4.88. The van der Waals surface area contributed by atoms with Crippen molar-refractivity contribution in [3.63, 3.8) is 0 Å². The van der Waals surface area contributed by atoms with Crippen LogP contribution in [0.2, 0.25) is 0 Å². The van der Waals surface area contributed by atoms with Gasteiger partial charge in [0.05, 0.1) is 17.9 Å². The van der Waals surface area contributed by atoms with E-state index < -0.39 is 17.8 Å². The van der Waals surface area contributed by atoms with Gasteiger partial charge in [0.1, 0.15) is 5.00 Å². The second kappa shape index (κ2) is 9.67. The summed E-state index contributed by atoms with van der Waals surface area (Å²) < 4.78 is 5.17. The molecule has 0 spiro atoms. The van der Waals surface area contributed by atoms with E-state index in [9.17, 15) is 14.4 Å². The Hall–Kier alpha value is -3.00. The van der Waals surface area contributed by atoms with Crippen molar-refractivity contribution in [3.8, 4) is 0 Å². The first-order chi connectivity index (χ1) is 14.4. The Morgan fingerprint density at radius 3 is 2.50 bits per heavy atom. The van der Waals surface area contributed by atoms with Crippen LogP contribution in [-0.2, 0) is 27.2 Å². The van der Waals surface area contributed by atoms with Crippen molar-refractivity contribution in [2.75, 3.05) is 11.9 Å². The van der Waals surface area contributed by atoms with E-state index in [2.05, 4.69) is 15.8 Å². The summed E-state index contributed by atoms with van der Waals surface area (Å²) in [5.74, 6) is -2.25. The number of hydrazone groups is 1. The van der Waals surface area contributed by atoms with E-state index in [4.69, 9.17) is 4.74 Å². The molecule has 0 bridgehead atoms. The maximum atomic E-state index is 12.5. The molecule has 0 radical (unpaired) electrons. The number of rotatable bonds is 5. The molecule has 30 heavy (non-hydrogen) atoms. The van der Waals surface area contributed by atoms with E-state index in [1.54, 1.807) is 13.8 Å². The normalized spacial score (nSPS) is 13.4. The highest BCUT2D eigenvalue weighted by molar-refractivity contribution is 7.17. The standard InChI is InChI=1S/C22H25N3O4S/c1-4-29-22(28)18-16-7-5-6-8-17(16)30-21(18)23-19(26)20(27)25-24-14(3)15-11-9-13(2)10-12-15/h9-12H,4-8H2,1-3H3,(H,23,26)(H,25,27). The number of carbonyl (C=O) groups is 3. The number of fused-ring (bicyclic) bond motifs is 1. The zero-order valence-corrected chi connectivity index (χ0v) is 18.1. The van der Waals surface area contributed by atoms with Crippen LogP contribution in [0.15, 0.2) is 29.4 Å². The highest BCUT2D eigenvalue weighted by atomic mass is 32.1. The summed E-state index contributed by atoms with van der Waals surface area (Å²) >= 11 is 1.34. The molecule has 1 heterocycles. The van der Waals surface area contributed by atoms with Crippen molar-refractivity contribution in [1.29, 1.82) is 0 Å². The van der Waals surface area contributed by atoms with Crippen molar-refractivity contribution in [1.82, 2.24) is 5.43 Å². The van der Waals surface area contributed by atoms with Crippen LogP contribution in [0.5, 0.6) is 0 Å². The second-order valence-corrected chi connectivity index (χ2v) is 8.20. The third-order valence-corrected chi connectivity index (χ3v) is 6.09. The molecular weight excluding hydrogens is 402 g/mol. The average Bonchev–Trinajstić information content (AvgIpc) is 3.10. The predicted octanol–water partition coefficient (Wildman–Crippen LogP) is 3.59. The smallest absolute Gasteiger partial charge is 0.341 e. The van der Waals surface area contributed by atoms with Crippen molar-refractivity contribution in [3.05, 3.63) is 51.4 Å². The van der Waals surface area contributed by atoms with Crippen LogP contribution in [0, 0.1) is 6.92 Å². The molecule has 1 aliphatic rings. The quantitative estimate of drug-likeness (QED) is 0.330. The van der Waals surface area contributed by atoms with Gasteiger partial charge in [-0.25, -0.2) is 10.2 Å². The van der Waals surface area contributed by atoms with Gasteiger partial charge in [-0.05, 0) is 57.6 Å². The highest BCUT2D eigenvalue weighted by Gasteiger charge is 2.28. The number of esters is 1. The fourth-order valence-electron chi connectivity index (χ4n) is 3.28. The molecule has 1 aliphatic carbocycles. The van der Waals surface area contributed by atoms with E-state index >= 15 is 0 Å². The first-order valence-corrected chi connectivity index (χ1v) is 10.8. The van der Waals surface area contributed by atoms with Crippen LogP contribution >= 0.6 is 11.3 Å². The van der Waals surface area contributed by atoms with Crippen LogP contribution in [0.3, 0.4) is 0 Å². The molecular formula is C22H25N3O4S. The molecule has 158 valence electrons. The number of benzene rings is 1. The Kier molecular flexibility index (Phi) is 6.99. The molecule has 0 saturated heterocycles. The molecule has 1 aromatic heterocycles. The molecule has 2 amide bonds. The summed E-state index contributed by atoms with van der Waals surface area (Å²) in [6.07, 6.45) is 3.64. The lowest BCUT2D eigenvalue weighted by Crippen LogP contribution is -2.33. The molecule has 0 fully saturated rings. The predicted molar refractivity (Wildman–Crippen MR) is 117 cm³/mol. The first-order valence-electron chi connectivity index (χ1n) is 9.95. The maximum Gasteiger partial charge on any atom is 0.341 e. The fraction of sp³-hybridized carbons (Fsp3) is 0.364. The molecule has 7 nitrogen and oxygen atoms in total. The van der Waals surface area contributed by atoms with Gasteiger partial charge in [0.15, 0.2) is 0 Å². The molecule has 3 rings (SSSR count). The minimum atomic E-state index is -0.900. The Labute approximate surface area is 179 Å². The van der Waals surface area contributed by atoms with Gasteiger partial charge in [-0.3, -0.25) is 9.59 Å². The number of carbonyl (C=O) groups excluding carboxylic acids is 3. The van der Waals surface area contributed by atoms with Crippen molar-refractivity contribution >= 4 is 39.8 Å². The zero-order chi connectivity index (χ0) is 21.7. The number of aryl methyl sites for hydroxylation is 2.